The molecule has 3 rings (SSSR count). The molecule has 7 heteroatoms. The van der Waals surface area contributed by atoms with Crippen molar-refractivity contribution in [2.75, 3.05) is 6.61 Å². The van der Waals surface area contributed by atoms with Crippen LogP contribution in [0.2, 0.25) is 0 Å². The predicted molar refractivity (Wildman–Crippen MR) is 69.7 cm³/mol. The van der Waals surface area contributed by atoms with Crippen LogP contribution in [0.25, 0.3) is 11.0 Å². The van der Waals surface area contributed by atoms with Crippen LogP contribution in [0, 0.1) is 12.3 Å². The van der Waals surface area contributed by atoms with E-state index < -0.39 is 24.5 Å². The van der Waals surface area contributed by atoms with Gasteiger partial charge >= 0.3 is 0 Å². The number of aliphatic hydroxyl groups is 2. The van der Waals surface area contributed by atoms with Crippen molar-refractivity contribution in [1.82, 2.24) is 14.5 Å². The number of aromatic nitrogens is 3. The third kappa shape index (κ3) is 1.67. The molecule has 3 atom stereocenters. The average Bonchev–Trinajstić information content (AvgIpc) is 3.01. The van der Waals surface area contributed by atoms with Crippen molar-refractivity contribution in [1.29, 1.82) is 0 Å². The summed E-state index contributed by atoms with van der Waals surface area (Å²) in [6.45, 7) is -0.478. The molecule has 0 saturated carbocycles. The van der Waals surface area contributed by atoms with Crippen molar-refractivity contribution in [2.45, 2.75) is 24.4 Å². The quantitative estimate of drug-likeness (QED) is 0.633. The van der Waals surface area contributed by atoms with E-state index in [2.05, 4.69) is 15.9 Å². The van der Waals surface area contributed by atoms with E-state index in [4.69, 9.17) is 11.2 Å². The largest absolute Gasteiger partial charge is 0.392 e. The van der Waals surface area contributed by atoms with E-state index in [0.29, 0.717) is 11.0 Å². The fourth-order valence-corrected chi connectivity index (χ4v) is 2.45. The Bertz CT molecular complexity index is 744. The normalized spacial score (nSPS) is 29.6. The molecule has 0 aromatic carbocycles. The smallest absolute Gasteiger partial charge is 0.260 e. The van der Waals surface area contributed by atoms with E-state index in [0.717, 1.165) is 0 Å². The molecule has 3 N–H and O–H groups in total. The number of H-pyrrole nitrogens is 1. The lowest BCUT2D eigenvalue weighted by atomic mass is 9.99. The second kappa shape index (κ2) is 4.45. The summed E-state index contributed by atoms with van der Waals surface area (Å²) in [5.41, 5.74) is -1.22. The second-order valence-electron chi connectivity index (χ2n) is 4.71. The maximum absolute atomic E-state index is 11.6. The number of hydrogen-bond acceptors (Lipinski definition) is 5. The van der Waals surface area contributed by atoms with Gasteiger partial charge in [0, 0.05) is 12.6 Å². The van der Waals surface area contributed by atoms with E-state index in [9.17, 15) is 15.0 Å². The van der Waals surface area contributed by atoms with E-state index in [-0.39, 0.29) is 12.0 Å². The van der Waals surface area contributed by atoms with Crippen LogP contribution in [0.1, 0.15) is 12.6 Å². The summed E-state index contributed by atoms with van der Waals surface area (Å²) in [6, 6.07) is 1.62. The van der Waals surface area contributed by atoms with Gasteiger partial charge in [-0.15, -0.1) is 6.42 Å². The summed E-state index contributed by atoms with van der Waals surface area (Å²) in [5.74, 6) is 2.30. The summed E-state index contributed by atoms with van der Waals surface area (Å²) >= 11 is 0. The zero-order valence-corrected chi connectivity index (χ0v) is 10.5. The van der Waals surface area contributed by atoms with Crippen LogP contribution in [0.15, 0.2) is 23.4 Å². The predicted octanol–water partition coefficient (Wildman–Crippen LogP) is -0.631. The lowest BCUT2D eigenvalue weighted by Crippen LogP contribution is -2.41. The highest BCUT2D eigenvalue weighted by atomic mass is 16.6. The lowest BCUT2D eigenvalue weighted by Gasteiger charge is -2.23. The minimum Gasteiger partial charge on any atom is -0.392 e. The molecule has 0 aliphatic carbocycles. The Labute approximate surface area is 113 Å². The van der Waals surface area contributed by atoms with E-state index in [1.54, 1.807) is 16.8 Å². The first-order valence-corrected chi connectivity index (χ1v) is 6.10. The number of aromatic amines is 1. The Kier molecular flexibility index (Phi) is 2.87. The zero-order valence-electron chi connectivity index (χ0n) is 10.5. The molecule has 104 valence electrons. The minimum absolute atomic E-state index is 0.211. The van der Waals surface area contributed by atoms with Crippen LogP contribution in [-0.4, -0.2) is 43.1 Å². The van der Waals surface area contributed by atoms with Crippen LogP contribution in [0.4, 0.5) is 0 Å². The maximum atomic E-state index is 11.6. The molecule has 0 amide bonds. The topological polar surface area (TPSA) is 100 Å². The Hall–Kier alpha value is -2.14. The van der Waals surface area contributed by atoms with Gasteiger partial charge in [-0.3, -0.25) is 4.79 Å². The maximum Gasteiger partial charge on any atom is 0.260 e. The van der Waals surface area contributed by atoms with Crippen molar-refractivity contribution in [2.24, 2.45) is 0 Å². The summed E-state index contributed by atoms with van der Waals surface area (Å²) < 4.78 is 7.25. The van der Waals surface area contributed by atoms with Crippen molar-refractivity contribution in [3.05, 3.63) is 28.9 Å². The highest BCUT2D eigenvalue weighted by Crippen LogP contribution is 2.37. The van der Waals surface area contributed by atoms with Crippen molar-refractivity contribution in [3.63, 3.8) is 0 Å². The van der Waals surface area contributed by atoms with Crippen LogP contribution < -0.4 is 5.56 Å². The van der Waals surface area contributed by atoms with E-state index in [1.165, 1.54) is 6.33 Å². The summed E-state index contributed by atoms with van der Waals surface area (Å²) in [5, 5.41) is 19.8. The van der Waals surface area contributed by atoms with Crippen LogP contribution in [0.3, 0.4) is 0 Å². The second-order valence-corrected chi connectivity index (χ2v) is 4.71. The molecule has 3 heterocycles. The van der Waals surface area contributed by atoms with Gasteiger partial charge in [0.2, 0.25) is 0 Å². The minimum atomic E-state index is -1.41. The third-order valence-electron chi connectivity index (χ3n) is 3.61. The number of rotatable bonds is 2. The van der Waals surface area contributed by atoms with Gasteiger partial charge in [-0.25, -0.2) is 4.98 Å². The number of nitrogens with one attached hydrogen (secondary N) is 1. The number of fused-ring (bicyclic) bond motifs is 1. The first kappa shape index (κ1) is 12.9. The highest BCUT2D eigenvalue weighted by molar-refractivity contribution is 5.74. The monoisotopic (exact) mass is 275 g/mol. The molecule has 1 aliphatic heterocycles. The SMILES string of the molecule is C#C[C@]1(CO)O[C@@H](n2ccc3c(=O)[nH]cnc32)C[C@@H]1O. The third-order valence-corrected chi connectivity index (χ3v) is 3.61. The number of terminal acetylenes is 1. The summed E-state index contributed by atoms with van der Waals surface area (Å²) in [7, 11) is 0. The number of ether oxygens (including phenoxy) is 1. The summed E-state index contributed by atoms with van der Waals surface area (Å²) in [4.78, 5) is 18.2. The first-order chi connectivity index (χ1) is 9.61. The molecule has 2 aromatic heterocycles. The Morgan fingerprint density at radius 1 is 1.70 bits per heavy atom. The Morgan fingerprint density at radius 2 is 2.50 bits per heavy atom. The van der Waals surface area contributed by atoms with Gasteiger partial charge in [0.25, 0.3) is 5.56 Å². The average molecular weight is 275 g/mol. The molecular weight excluding hydrogens is 262 g/mol. The van der Waals surface area contributed by atoms with Crippen LogP contribution in [-0.2, 0) is 4.74 Å². The molecule has 2 aromatic rings. The number of nitrogens with zero attached hydrogens (tertiary/aromatic N) is 2. The Morgan fingerprint density at radius 3 is 3.15 bits per heavy atom. The van der Waals surface area contributed by atoms with Gasteiger partial charge in [-0.05, 0) is 6.07 Å². The van der Waals surface area contributed by atoms with Gasteiger partial charge in [0.1, 0.15) is 18.0 Å². The molecular formula is C13H13N3O4. The standard InChI is InChI=1S/C13H13N3O4/c1-2-13(6-17)9(18)5-10(20-13)16-4-3-8-11(16)14-7-15-12(8)19/h1,3-4,7,9-10,17-18H,5-6H2,(H,14,15,19)/t9-,10+,13+/m0/s1. The van der Waals surface area contributed by atoms with Crippen LogP contribution in [0.5, 0.6) is 0 Å². The van der Waals surface area contributed by atoms with Crippen LogP contribution >= 0.6 is 0 Å². The van der Waals surface area contributed by atoms with Gasteiger partial charge in [0.15, 0.2) is 5.60 Å². The van der Waals surface area contributed by atoms with Crippen molar-refractivity contribution >= 4 is 11.0 Å². The first-order valence-electron chi connectivity index (χ1n) is 6.10. The molecule has 20 heavy (non-hydrogen) atoms. The molecule has 0 radical (unpaired) electrons. The molecule has 7 nitrogen and oxygen atoms in total. The highest BCUT2D eigenvalue weighted by Gasteiger charge is 2.47. The molecule has 1 aliphatic rings. The number of aliphatic hydroxyl groups excluding tert-OH is 2. The Balaban J connectivity index is 2.04. The van der Waals surface area contributed by atoms with Gasteiger partial charge < -0.3 is 24.5 Å². The van der Waals surface area contributed by atoms with E-state index >= 15 is 0 Å². The van der Waals surface area contributed by atoms with Crippen molar-refractivity contribution < 1.29 is 14.9 Å². The van der Waals surface area contributed by atoms with Crippen molar-refractivity contribution in [3.8, 4) is 12.3 Å². The van der Waals surface area contributed by atoms with Gasteiger partial charge in [-0.1, -0.05) is 5.92 Å². The fraction of sp³-hybridized carbons (Fsp3) is 0.385. The van der Waals surface area contributed by atoms with Gasteiger partial charge in [-0.2, -0.15) is 0 Å². The summed E-state index contributed by atoms with van der Waals surface area (Å²) in [6.07, 6.45) is 6.94. The van der Waals surface area contributed by atoms with E-state index in [1.807, 2.05) is 0 Å². The zero-order chi connectivity index (χ0) is 14.3. The molecule has 0 spiro atoms. The lowest BCUT2D eigenvalue weighted by molar-refractivity contribution is -0.0890. The van der Waals surface area contributed by atoms with Gasteiger partial charge in [0.05, 0.1) is 18.3 Å². The molecule has 0 bridgehead atoms. The number of hydrogen-bond donors (Lipinski definition) is 3. The molecule has 1 fully saturated rings. The molecule has 1 saturated heterocycles. The molecule has 0 unspecified atom stereocenters. The fourth-order valence-electron chi connectivity index (χ4n) is 2.45.